The molecular weight excluding hydrogens is 374 g/mol. The predicted molar refractivity (Wildman–Crippen MR) is 111 cm³/mol. The molecule has 0 fully saturated rings. The van der Waals surface area contributed by atoms with Crippen LogP contribution in [-0.4, -0.2) is 9.78 Å². The van der Waals surface area contributed by atoms with E-state index in [-0.39, 0.29) is 24.5 Å². The lowest BCUT2D eigenvalue weighted by atomic mass is 10.1. The number of halogens is 2. The zero-order chi connectivity index (χ0) is 21.4. The lowest BCUT2D eigenvalue weighted by molar-refractivity contribution is 0.285. The number of allylic oxidation sites excluding steroid dienone is 1. The fraction of sp³-hybridized carbons (Fsp3) is 0.227. The maximum absolute atomic E-state index is 14.6. The van der Waals surface area contributed by atoms with Gasteiger partial charge in [0.05, 0.1) is 12.2 Å². The SMILES string of the molecule is CC.Cc1nn(C/C(N)=C/N)cc1-c1ccc(OCc2ccccc2)c(F)c1F. The van der Waals surface area contributed by atoms with Crippen LogP contribution < -0.4 is 16.2 Å². The van der Waals surface area contributed by atoms with Crippen LogP contribution >= 0.6 is 0 Å². The van der Waals surface area contributed by atoms with Gasteiger partial charge in [-0.15, -0.1) is 0 Å². The molecule has 0 aliphatic rings. The fourth-order valence-corrected chi connectivity index (χ4v) is 2.69. The molecule has 3 rings (SSSR count). The smallest absolute Gasteiger partial charge is 0.201 e. The molecule has 7 heteroatoms. The van der Waals surface area contributed by atoms with Gasteiger partial charge in [0.15, 0.2) is 11.6 Å². The Morgan fingerprint density at radius 3 is 2.41 bits per heavy atom. The number of aromatic nitrogens is 2. The van der Waals surface area contributed by atoms with Gasteiger partial charge in [-0.3, -0.25) is 4.68 Å². The standard InChI is InChI=1S/C20H20F2N4O.C2H6/c1-13-17(11-26(25-13)10-15(24)9-23)16-7-8-18(20(22)19(16)21)27-12-14-5-3-2-4-6-14;1-2/h2-9,11H,10,12,23-24H2,1H3;1-2H3/b15-9-;. The maximum Gasteiger partial charge on any atom is 0.201 e. The quantitative estimate of drug-likeness (QED) is 0.638. The molecule has 3 aromatic rings. The molecule has 1 heterocycles. The minimum Gasteiger partial charge on any atom is -0.486 e. The monoisotopic (exact) mass is 400 g/mol. The molecule has 0 amide bonds. The van der Waals surface area contributed by atoms with Gasteiger partial charge in [-0.25, -0.2) is 4.39 Å². The molecule has 29 heavy (non-hydrogen) atoms. The second kappa shape index (κ2) is 10.3. The van der Waals surface area contributed by atoms with Crippen LogP contribution in [0.4, 0.5) is 8.78 Å². The van der Waals surface area contributed by atoms with Crippen LogP contribution in [0.2, 0.25) is 0 Å². The molecule has 5 nitrogen and oxygen atoms in total. The van der Waals surface area contributed by atoms with Crippen molar-refractivity contribution in [3.63, 3.8) is 0 Å². The van der Waals surface area contributed by atoms with Crippen molar-refractivity contribution in [2.24, 2.45) is 11.5 Å². The van der Waals surface area contributed by atoms with E-state index in [0.29, 0.717) is 17.0 Å². The van der Waals surface area contributed by atoms with Gasteiger partial charge in [-0.05, 0) is 24.6 Å². The first-order valence-corrected chi connectivity index (χ1v) is 9.35. The molecule has 0 saturated heterocycles. The molecule has 0 bridgehead atoms. The van der Waals surface area contributed by atoms with Crippen molar-refractivity contribution in [3.05, 3.63) is 83.5 Å². The van der Waals surface area contributed by atoms with E-state index in [4.69, 9.17) is 16.2 Å². The number of nitrogens with two attached hydrogens (primary N) is 2. The summed E-state index contributed by atoms with van der Waals surface area (Å²) in [4.78, 5) is 0. The average molecular weight is 400 g/mol. The van der Waals surface area contributed by atoms with Crippen LogP contribution in [0.15, 0.2) is 60.6 Å². The zero-order valence-corrected chi connectivity index (χ0v) is 16.8. The van der Waals surface area contributed by atoms with Crippen molar-refractivity contribution < 1.29 is 13.5 Å². The highest BCUT2D eigenvalue weighted by Crippen LogP contribution is 2.31. The Kier molecular flexibility index (Phi) is 7.77. The predicted octanol–water partition coefficient (Wildman–Crippen LogP) is 4.50. The second-order valence-corrected chi connectivity index (χ2v) is 6.08. The van der Waals surface area contributed by atoms with Gasteiger partial charge in [-0.1, -0.05) is 44.2 Å². The topological polar surface area (TPSA) is 79.1 Å². The largest absolute Gasteiger partial charge is 0.486 e. The number of hydrogen-bond donors (Lipinski definition) is 2. The van der Waals surface area contributed by atoms with Crippen LogP contribution in [0.5, 0.6) is 5.75 Å². The number of nitrogens with zero attached hydrogens (tertiary/aromatic N) is 2. The van der Waals surface area contributed by atoms with E-state index in [1.807, 2.05) is 44.2 Å². The summed E-state index contributed by atoms with van der Waals surface area (Å²) in [7, 11) is 0. The van der Waals surface area contributed by atoms with Gasteiger partial charge in [0.25, 0.3) is 0 Å². The van der Waals surface area contributed by atoms with Crippen molar-refractivity contribution >= 4 is 0 Å². The van der Waals surface area contributed by atoms with Gasteiger partial charge in [0, 0.05) is 29.2 Å². The second-order valence-electron chi connectivity index (χ2n) is 6.08. The third-order valence-electron chi connectivity index (χ3n) is 4.08. The summed E-state index contributed by atoms with van der Waals surface area (Å²) in [6, 6.07) is 12.2. The Hall–Kier alpha value is -3.35. The van der Waals surface area contributed by atoms with Gasteiger partial charge < -0.3 is 16.2 Å². The molecule has 0 atom stereocenters. The van der Waals surface area contributed by atoms with Crippen LogP contribution in [-0.2, 0) is 13.2 Å². The fourth-order valence-electron chi connectivity index (χ4n) is 2.69. The molecule has 1 aromatic heterocycles. The van der Waals surface area contributed by atoms with Gasteiger partial charge in [-0.2, -0.15) is 9.49 Å². The molecule has 0 aliphatic carbocycles. The lowest BCUT2D eigenvalue weighted by Crippen LogP contribution is -2.10. The molecule has 2 aromatic carbocycles. The highest BCUT2D eigenvalue weighted by atomic mass is 19.2. The van der Waals surface area contributed by atoms with Crippen LogP contribution in [0, 0.1) is 18.6 Å². The minimum atomic E-state index is -1.03. The molecule has 4 N–H and O–H groups in total. The van der Waals surface area contributed by atoms with E-state index in [2.05, 4.69) is 5.10 Å². The van der Waals surface area contributed by atoms with Crippen LogP contribution in [0.3, 0.4) is 0 Å². The molecule has 0 aliphatic heterocycles. The van der Waals surface area contributed by atoms with E-state index in [1.165, 1.54) is 23.0 Å². The lowest BCUT2D eigenvalue weighted by Gasteiger charge is -2.10. The van der Waals surface area contributed by atoms with Crippen molar-refractivity contribution in [2.75, 3.05) is 0 Å². The first-order chi connectivity index (χ1) is 14.0. The van der Waals surface area contributed by atoms with Crippen molar-refractivity contribution in [1.29, 1.82) is 0 Å². The minimum absolute atomic E-state index is 0.110. The van der Waals surface area contributed by atoms with Gasteiger partial charge in [0.2, 0.25) is 5.82 Å². The van der Waals surface area contributed by atoms with Crippen molar-refractivity contribution in [1.82, 2.24) is 9.78 Å². The molecule has 0 unspecified atom stereocenters. The summed E-state index contributed by atoms with van der Waals surface area (Å²) < 4.78 is 36.1. The van der Waals surface area contributed by atoms with Crippen molar-refractivity contribution in [2.45, 2.75) is 33.9 Å². The summed E-state index contributed by atoms with van der Waals surface area (Å²) in [5, 5.41) is 4.26. The highest BCUT2D eigenvalue weighted by Gasteiger charge is 2.19. The van der Waals surface area contributed by atoms with E-state index < -0.39 is 11.6 Å². The first kappa shape index (κ1) is 21.9. The summed E-state index contributed by atoms with van der Waals surface area (Å²) in [5.74, 6) is -2.15. The summed E-state index contributed by atoms with van der Waals surface area (Å²) in [5.41, 5.74) is 13.5. The number of aryl methyl sites for hydroxylation is 1. The van der Waals surface area contributed by atoms with Gasteiger partial charge in [0.1, 0.15) is 6.61 Å². The highest BCUT2D eigenvalue weighted by molar-refractivity contribution is 5.67. The molecular formula is C22H26F2N4O. The Labute approximate surface area is 169 Å². The van der Waals surface area contributed by atoms with Crippen LogP contribution in [0.1, 0.15) is 25.1 Å². The third-order valence-corrected chi connectivity index (χ3v) is 4.08. The Morgan fingerprint density at radius 1 is 1.07 bits per heavy atom. The molecule has 0 saturated carbocycles. The Morgan fingerprint density at radius 2 is 1.76 bits per heavy atom. The van der Waals surface area contributed by atoms with Crippen LogP contribution in [0.25, 0.3) is 11.1 Å². The zero-order valence-electron chi connectivity index (χ0n) is 16.8. The number of benzene rings is 2. The van der Waals surface area contributed by atoms with E-state index in [0.717, 1.165) is 5.56 Å². The average Bonchev–Trinajstić information content (AvgIpc) is 3.11. The first-order valence-electron chi connectivity index (χ1n) is 9.35. The van der Waals surface area contributed by atoms with E-state index in [1.54, 1.807) is 13.1 Å². The number of rotatable bonds is 6. The molecule has 154 valence electrons. The Balaban J connectivity index is 0.00000145. The summed E-state index contributed by atoms with van der Waals surface area (Å²) in [6.45, 7) is 6.13. The maximum atomic E-state index is 14.6. The third kappa shape index (κ3) is 5.34. The van der Waals surface area contributed by atoms with E-state index >= 15 is 0 Å². The van der Waals surface area contributed by atoms with E-state index in [9.17, 15) is 8.78 Å². The van der Waals surface area contributed by atoms with Gasteiger partial charge >= 0.3 is 0 Å². The Bertz CT molecular complexity index is 968. The number of hydrogen-bond acceptors (Lipinski definition) is 4. The normalized spacial score (nSPS) is 11.0. The van der Waals surface area contributed by atoms with Crippen molar-refractivity contribution in [3.8, 4) is 16.9 Å². The molecule has 0 spiro atoms. The molecule has 0 radical (unpaired) electrons. The summed E-state index contributed by atoms with van der Waals surface area (Å²) in [6.07, 6.45) is 2.88. The number of ether oxygens (including phenoxy) is 1. The summed E-state index contributed by atoms with van der Waals surface area (Å²) >= 11 is 0.